The Morgan fingerprint density at radius 3 is 1.93 bits per heavy atom. The summed E-state index contributed by atoms with van der Waals surface area (Å²) < 4.78 is 12.9. The molecular weight excluding hydrogens is 747 g/mol. The summed E-state index contributed by atoms with van der Waals surface area (Å²) in [7, 11) is 0. The molecule has 286 valence electrons. The van der Waals surface area contributed by atoms with Gasteiger partial charge in [-0.2, -0.15) is 0 Å². The average Bonchev–Trinajstić information content (AvgIpc) is 3.86. The van der Waals surface area contributed by atoms with E-state index in [1.165, 1.54) is 27.6 Å². The third-order valence-electron chi connectivity index (χ3n) is 12.8. The van der Waals surface area contributed by atoms with Crippen LogP contribution in [0.2, 0.25) is 0 Å². The van der Waals surface area contributed by atoms with Crippen molar-refractivity contribution < 1.29 is 9.15 Å². The number of nitrogens with one attached hydrogen (secondary N) is 1. The topological polar surface area (TPSA) is 59.1 Å². The van der Waals surface area contributed by atoms with Gasteiger partial charge in [-0.15, -0.1) is 0 Å². The van der Waals surface area contributed by atoms with Crippen LogP contribution in [0.15, 0.2) is 215 Å². The number of fused-ring (bicyclic) bond motifs is 13. The van der Waals surface area contributed by atoms with Crippen molar-refractivity contribution in [2.45, 2.75) is 11.6 Å². The van der Waals surface area contributed by atoms with E-state index in [1.807, 2.05) is 18.2 Å². The van der Waals surface area contributed by atoms with Gasteiger partial charge >= 0.3 is 0 Å². The fourth-order valence-electron chi connectivity index (χ4n) is 10.2. The largest absolute Gasteiger partial charge is 0.457 e. The number of furan rings is 1. The molecule has 0 amide bonds. The molecule has 1 atom stereocenters. The SMILES string of the molecule is c1ccc2c(c1)Oc1ccccc1C21c2ccccc2-c2c(C3N=C(c4ccc(-c5cccc6oc7ccccc7c56)cc4)N=C(c4ccc5ccccc5c4)N3)cccc21. The first-order valence-electron chi connectivity index (χ1n) is 20.8. The van der Waals surface area contributed by atoms with E-state index in [0.717, 1.165) is 83.6 Å². The number of nitrogens with zero attached hydrogens (tertiary/aromatic N) is 2. The van der Waals surface area contributed by atoms with E-state index in [0.29, 0.717) is 5.84 Å². The third-order valence-corrected chi connectivity index (χ3v) is 12.8. The van der Waals surface area contributed by atoms with Gasteiger partial charge in [-0.05, 0) is 74.5 Å². The number of amidine groups is 2. The number of benzene rings is 9. The Hall–Kier alpha value is -8.02. The number of hydrogen-bond acceptors (Lipinski definition) is 5. The van der Waals surface area contributed by atoms with Crippen LogP contribution in [0.5, 0.6) is 11.5 Å². The molecule has 5 nitrogen and oxygen atoms in total. The first-order chi connectivity index (χ1) is 30.2. The quantitative estimate of drug-likeness (QED) is 0.193. The summed E-state index contributed by atoms with van der Waals surface area (Å²) in [4.78, 5) is 10.8. The fourth-order valence-corrected chi connectivity index (χ4v) is 10.2. The molecule has 0 bridgehead atoms. The average molecular weight is 782 g/mol. The van der Waals surface area contributed by atoms with Crippen LogP contribution in [0.4, 0.5) is 0 Å². The lowest BCUT2D eigenvalue weighted by atomic mass is 9.66. The summed E-state index contributed by atoms with van der Waals surface area (Å²) >= 11 is 0. The number of hydrogen-bond donors (Lipinski definition) is 1. The smallest absolute Gasteiger partial charge is 0.159 e. The predicted molar refractivity (Wildman–Crippen MR) is 246 cm³/mol. The lowest BCUT2D eigenvalue weighted by Gasteiger charge is -2.39. The fraction of sp³-hybridized carbons (Fsp3) is 0.0357. The van der Waals surface area contributed by atoms with E-state index in [1.54, 1.807) is 0 Å². The first-order valence-corrected chi connectivity index (χ1v) is 20.8. The van der Waals surface area contributed by atoms with E-state index >= 15 is 0 Å². The minimum atomic E-state index is -0.581. The lowest BCUT2D eigenvalue weighted by Crippen LogP contribution is -2.34. The molecule has 10 aromatic rings. The van der Waals surface area contributed by atoms with Gasteiger partial charge in [0.2, 0.25) is 0 Å². The number of para-hydroxylation sites is 3. The summed E-state index contributed by atoms with van der Waals surface area (Å²) in [6.07, 6.45) is -0.442. The van der Waals surface area contributed by atoms with Gasteiger partial charge in [0.05, 0.1) is 5.41 Å². The van der Waals surface area contributed by atoms with E-state index in [4.69, 9.17) is 19.1 Å². The van der Waals surface area contributed by atoms with Crippen LogP contribution < -0.4 is 10.1 Å². The Morgan fingerprint density at radius 1 is 0.475 bits per heavy atom. The predicted octanol–water partition coefficient (Wildman–Crippen LogP) is 13.4. The zero-order valence-electron chi connectivity index (χ0n) is 32.8. The Bertz CT molecular complexity index is 3460. The van der Waals surface area contributed by atoms with Crippen LogP contribution >= 0.6 is 0 Å². The molecule has 2 aliphatic heterocycles. The summed E-state index contributed by atoms with van der Waals surface area (Å²) in [5.74, 6) is 3.19. The van der Waals surface area contributed by atoms with Gasteiger partial charge in [0.25, 0.3) is 0 Å². The molecule has 1 spiro atoms. The molecule has 0 saturated carbocycles. The molecule has 1 unspecified atom stereocenters. The van der Waals surface area contributed by atoms with Crippen LogP contribution in [0.1, 0.15) is 45.1 Å². The second-order valence-corrected chi connectivity index (χ2v) is 16.0. The lowest BCUT2D eigenvalue weighted by molar-refractivity contribution is 0.436. The number of aliphatic imine (C=N–C) groups is 2. The Balaban J connectivity index is 0.995. The maximum Gasteiger partial charge on any atom is 0.159 e. The maximum atomic E-state index is 6.62. The highest BCUT2D eigenvalue weighted by Crippen LogP contribution is 2.63. The Kier molecular flexibility index (Phi) is 7.22. The van der Waals surface area contributed by atoms with Crippen molar-refractivity contribution in [2.75, 3.05) is 0 Å². The molecule has 9 aromatic carbocycles. The molecular formula is C56H35N3O2. The zero-order chi connectivity index (χ0) is 40.1. The van der Waals surface area contributed by atoms with E-state index in [2.05, 4.69) is 187 Å². The Labute approximate surface area is 352 Å². The van der Waals surface area contributed by atoms with Crippen molar-refractivity contribution >= 4 is 44.4 Å². The van der Waals surface area contributed by atoms with Crippen LogP contribution in [-0.4, -0.2) is 11.7 Å². The summed E-state index contributed by atoms with van der Waals surface area (Å²) in [5, 5.41) is 8.41. The van der Waals surface area contributed by atoms with Crippen LogP contribution in [-0.2, 0) is 5.41 Å². The third kappa shape index (κ3) is 4.95. The van der Waals surface area contributed by atoms with Crippen LogP contribution in [0.25, 0.3) is 55.0 Å². The molecule has 1 aromatic heterocycles. The standard InChI is InChI=1S/C56H35N3O2/c1-2-14-37-33-38(32-27-34(37)13-1)54-57-53(36-30-28-35(29-31-36)39-17-12-26-50-52(39)41-16-4-8-23-47(41)60-50)58-55(59-54)42-18-11-22-46-51(42)40-15-3-5-19-43(40)56(46)44-20-6-9-24-48(44)61-49-25-10-7-21-45(49)56/h1-33,55H,(H,57,58,59). The molecule has 1 aliphatic carbocycles. The minimum Gasteiger partial charge on any atom is -0.457 e. The van der Waals surface area contributed by atoms with Crippen molar-refractivity contribution in [1.29, 1.82) is 0 Å². The van der Waals surface area contributed by atoms with Gasteiger partial charge in [0.1, 0.15) is 34.7 Å². The second-order valence-electron chi connectivity index (χ2n) is 16.0. The summed E-state index contributed by atoms with van der Waals surface area (Å²) in [5.41, 5.74) is 13.5. The minimum absolute atomic E-state index is 0.442. The first kappa shape index (κ1) is 33.9. The molecule has 1 N–H and O–H groups in total. The van der Waals surface area contributed by atoms with Gasteiger partial charge in [-0.25, -0.2) is 9.98 Å². The van der Waals surface area contributed by atoms with Gasteiger partial charge in [0, 0.05) is 38.6 Å². The molecule has 13 rings (SSSR count). The highest BCUT2D eigenvalue weighted by molar-refractivity contribution is 6.15. The van der Waals surface area contributed by atoms with E-state index < -0.39 is 11.6 Å². The molecule has 0 radical (unpaired) electrons. The van der Waals surface area contributed by atoms with Gasteiger partial charge < -0.3 is 14.5 Å². The maximum absolute atomic E-state index is 6.62. The van der Waals surface area contributed by atoms with E-state index in [-0.39, 0.29) is 0 Å². The highest BCUT2D eigenvalue weighted by atomic mass is 16.5. The van der Waals surface area contributed by atoms with Gasteiger partial charge in [-0.3, -0.25) is 0 Å². The number of ether oxygens (including phenoxy) is 1. The van der Waals surface area contributed by atoms with E-state index in [9.17, 15) is 0 Å². The van der Waals surface area contributed by atoms with Gasteiger partial charge in [0.15, 0.2) is 5.84 Å². The monoisotopic (exact) mass is 781 g/mol. The molecule has 61 heavy (non-hydrogen) atoms. The molecule has 0 saturated heterocycles. The molecule has 5 heteroatoms. The van der Waals surface area contributed by atoms with Crippen molar-refractivity contribution in [1.82, 2.24) is 5.32 Å². The van der Waals surface area contributed by atoms with Gasteiger partial charge in [-0.1, -0.05) is 170 Å². The Morgan fingerprint density at radius 2 is 1.10 bits per heavy atom. The second kappa shape index (κ2) is 13.0. The molecule has 0 fully saturated rings. The summed E-state index contributed by atoms with van der Waals surface area (Å²) in [6.45, 7) is 0. The zero-order valence-corrected chi connectivity index (χ0v) is 32.8. The highest BCUT2D eigenvalue weighted by Gasteiger charge is 2.51. The van der Waals surface area contributed by atoms with Crippen LogP contribution in [0.3, 0.4) is 0 Å². The van der Waals surface area contributed by atoms with Crippen molar-refractivity contribution in [3.05, 3.63) is 239 Å². The van der Waals surface area contributed by atoms with Crippen molar-refractivity contribution in [3.63, 3.8) is 0 Å². The molecule has 3 aliphatic rings. The van der Waals surface area contributed by atoms with Crippen molar-refractivity contribution in [3.8, 4) is 33.8 Å². The summed E-state index contributed by atoms with van der Waals surface area (Å²) in [6, 6.07) is 70.7. The van der Waals surface area contributed by atoms with Crippen LogP contribution in [0, 0.1) is 0 Å². The number of rotatable bonds is 4. The molecule has 3 heterocycles. The normalized spacial score (nSPS) is 15.6. The van der Waals surface area contributed by atoms with Crippen molar-refractivity contribution in [2.24, 2.45) is 9.98 Å².